The Hall–Kier alpha value is -2.43. The molecule has 2 amide bonds. The van der Waals surface area contributed by atoms with Gasteiger partial charge >= 0.3 is 0 Å². The first-order valence-corrected chi connectivity index (χ1v) is 6.14. The molecular formula is C15H18N2O3. The predicted octanol–water partition coefficient (Wildman–Crippen LogP) is 2.27. The number of imide groups is 1. The summed E-state index contributed by atoms with van der Waals surface area (Å²) in [6, 6.07) is 7.20. The normalized spacial score (nSPS) is 9.55. The monoisotopic (exact) mass is 274 g/mol. The lowest BCUT2D eigenvalue weighted by molar-refractivity contribution is -0.126. The van der Waals surface area contributed by atoms with Crippen LogP contribution in [0.2, 0.25) is 0 Å². The van der Waals surface area contributed by atoms with Crippen LogP contribution in [0, 0.1) is 0 Å². The zero-order valence-electron chi connectivity index (χ0n) is 11.9. The standard InChI is InChI=1S/C15H18N2O3/c1-10(2)17-20-9-13-7-5-6-8-14(13)11(3)15(19)16-12(4)18/h5-8H,3,9H2,1-2,4H3,(H,16,18,19). The Kier molecular flexibility index (Phi) is 5.65. The number of nitrogens with zero attached hydrogens (tertiary/aromatic N) is 1. The minimum atomic E-state index is -0.514. The minimum absolute atomic E-state index is 0.219. The average molecular weight is 274 g/mol. The Balaban J connectivity index is 2.89. The maximum atomic E-state index is 11.8. The smallest absolute Gasteiger partial charge is 0.257 e. The summed E-state index contributed by atoms with van der Waals surface area (Å²) in [5, 5.41) is 6.04. The second-order valence-corrected chi connectivity index (χ2v) is 4.46. The molecule has 5 heteroatoms. The number of rotatable bonds is 5. The van der Waals surface area contributed by atoms with Crippen LogP contribution >= 0.6 is 0 Å². The topological polar surface area (TPSA) is 67.8 Å². The Labute approximate surface area is 118 Å². The van der Waals surface area contributed by atoms with Gasteiger partial charge in [-0.25, -0.2) is 0 Å². The van der Waals surface area contributed by atoms with E-state index in [1.165, 1.54) is 6.92 Å². The summed E-state index contributed by atoms with van der Waals surface area (Å²) in [6.07, 6.45) is 0. The van der Waals surface area contributed by atoms with Crippen LogP contribution in [0.15, 0.2) is 36.0 Å². The number of carbonyl (C=O) groups excluding carboxylic acids is 2. The molecule has 0 aliphatic carbocycles. The van der Waals surface area contributed by atoms with Gasteiger partial charge in [0, 0.05) is 12.5 Å². The molecule has 0 saturated carbocycles. The molecule has 1 aromatic rings. The van der Waals surface area contributed by atoms with Gasteiger partial charge in [-0.3, -0.25) is 14.9 Å². The Morgan fingerprint density at radius 2 is 1.90 bits per heavy atom. The largest absolute Gasteiger partial charge is 0.391 e. The highest BCUT2D eigenvalue weighted by atomic mass is 16.6. The van der Waals surface area contributed by atoms with Crippen molar-refractivity contribution in [3.63, 3.8) is 0 Å². The van der Waals surface area contributed by atoms with Crippen molar-refractivity contribution in [2.75, 3.05) is 0 Å². The lowest BCUT2D eigenvalue weighted by Gasteiger charge is -2.10. The van der Waals surface area contributed by atoms with E-state index in [0.29, 0.717) is 5.56 Å². The van der Waals surface area contributed by atoms with Gasteiger partial charge in [-0.05, 0) is 25.0 Å². The van der Waals surface area contributed by atoms with Crippen molar-refractivity contribution < 1.29 is 14.4 Å². The average Bonchev–Trinajstić information content (AvgIpc) is 2.37. The molecule has 0 atom stereocenters. The van der Waals surface area contributed by atoms with Crippen LogP contribution in [0.1, 0.15) is 31.9 Å². The van der Waals surface area contributed by atoms with E-state index in [2.05, 4.69) is 17.1 Å². The summed E-state index contributed by atoms with van der Waals surface area (Å²) in [6.45, 7) is 8.88. The Morgan fingerprint density at radius 1 is 1.25 bits per heavy atom. The molecule has 0 saturated heterocycles. The van der Waals surface area contributed by atoms with Gasteiger partial charge in [0.2, 0.25) is 5.91 Å². The molecule has 0 aliphatic heterocycles. The fourth-order valence-corrected chi connectivity index (χ4v) is 1.53. The van der Waals surface area contributed by atoms with E-state index in [0.717, 1.165) is 11.3 Å². The number of carbonyl (C=O) groups is 2. The zero-order chi connectivity index (χ0) is 15.1. The van der Waals surface area contributed by atoms with E-state index in [4.69, 9.17) is 4.84 Å². The molecule has 1 rings (SSSR count). The molecule has 5 nitrogen and oxygen atoms in total. The molecule has 0 aliphatic rings. The van der Waals surface area contributed by atoms with E-state index < -0.39 is 11.8 Å². The third-order valence-electron chi connectivity index (χ3n) is 2.37. The maximum absolute atomic E-state index is 11.8. The van der Waals surface area contributed by atoms with Crippen LogP contribution in [0.5, 0.6) is 0 Å². The molecule has 20 heavy (non-hydrogen) atoms. The highest BCUT2D eigenvalue weighted by molar-refractivity contribution is 6.23. The maximum Gasteiger partial charge on any atom is 0.257 e. The third kappa shape index (κ3) is 4.68. The molecule has 0 fully saturated rings. The number of amides is 2. The highest BCUT2D eigenvalue weighted by Gasteiger charge is 2.14. The molecule has 0 aromatic heterocycles. The highest BCUT2D eigenvalue weighted by Crippen LogP contribution is 2.19. The molecule has 0 heterocycles. The number of hydrogen-bond donors (Lipinski definition) is 1. The predicted molar refractivity (Wildman–Crippen MR) is 77.9 cm³/mol. The van der Waals surface area contributed by atoms with Gasteiger partial charge in [-0.2, -0.15) is 0 Å². The molecule has 0 radical (unpaired) electrons. The van der Waals surface area contributed by atoms with Crippen molar-refractivity contribution in [2.24, 2.45) is 5.16 Å². The fourth-order valence-electron chi connectivity index (χ4n) is 1.53. The summed E-state index contributed by atoms with van der Waals surface area (Å²) in [4.78, 5) is 27.9. The molecule has 0 spiro atoms. The summed E-state index contributed by atoms with van der Waals surface area (Å²) in [7, 11) is 0. The van der Waals surface area contributed by atoms with Gasteiger partial charge in [0.15, 0.2) is 0 Å². The molecule has 1 aromatic carbocycles. The Bertz CT molecular complexity index is 558. The van der Waals surface area contributed by atoms with E-state index in [-0.39, 0.29) is 12.2 Å². The first-order chi connectivity index (χ1) is 9.41. The van der Waals surface area contributed by atoms with Crippen LogP contribution in [0.4, 0.5) is 0 Å². The lowest BCUT2D eigenvalue weighted by atomic mass is 10.0. The van der Waals surface area contributed by atoms with Gasteiger partial charge < -0.3 is 4.84 Å². The summed E-state index contributed by atoms with van der Waals surface area (Å²) >= 11 is 0. The van der Waals surface area contributed by atoms with Gasteiger partial charge in [0.25, 0.3) is 5.91 Å². The van der Waals surface area contributed by atoms with Gasteiger partial charge in [0.1, 0.15) is 6.61 Å². The zero-order valence-corrected chi connectivity index (χ0v) is 11.9. The number of hydrogen-bond acceptors (Lipinski definition) is 4. The number of nitrogens with one attached hydrogen (secondary N) is 1. The van der Waals surface area contributed by atoms with Crippen LogP contribution in [-0.4, -0.2) is 17.5 Å². The number of benzene rings is 1. The third-order valence-corrected chi connectivity index (χ3v) is 2.37. The first-order valence-electron chi connectivity index (χ1n) is 6.14. The van der Waals surface area contributed by atoms with E-state index in [1.807, 2.05) is 26.0 Å². The second-order valence-electron chi connectivity index (χ2n) is 4.46. The molecule has 0 unspecified atom stereocenters. The first kappa shape index (κ1) is 15.6. The van der Waals surface area contributed by atoms with Crippen LogP contribution in [-0.2, 0) is 21.0 Å². The minimum Gasteiger partial charge on any atom is -0.391 e. The van der Waals surface area contributed by atoms with E-state index >= 15 is 0 Å². The van der Waals surface area contributed by atoms with Gasteiger partial charge in [-0.15, -0.1) is 0 Å². The Morgan fingerprint density at radius 3 is 2.50 bits per heavy atom. The molecule has 0 bridgehead atoms. The van der Waals surface area contributed by atoms with Crippen molar-refractivity contribution in [1.82, 2.24) is 5.32 Å². The second kappa shape index (κ2) is 7.23. The van der Waals surface area contributed by atoms with Crippen LogP contribution in [0.25, 0.3) is 5.57 Å². The SMILES string of the molecule is C=C(C(=O)NC(C)=O)c1ccccc1CON=C(C)C. The van der Waals surface area contributed by atoms with Crippen molar-refractivity contribution >= 4 is 23.1 Å². The lowest BCUT2D eigenvalue weighted by Crippen LogP contribution is -2.28. The summed E-state index contributed by atoms with van der Waals surface area (Å²) in [5.74, 6) is -0.934. The summed E-state index contributed by atoms with van der Waals surface area (Å²) < 4.78 is 0. The number of oxime groups is 1. The van der Waals surface area contributed by atoms with Gasteiger partial charge in [0.05, 0.1) is 5.71 Å². The van der Waals surface area contributed by atoms with Crippen LogP contribution < -0.4 is 5.32 Å². The van der Waals surface area contributed by atoms with Crippen molar-refractivity contribution in [3.05, 3.63) is 42.0 Å². The van der Waals surface area contributed by atoms with Crippen molar-refractivity contribution in [1.29, 1.82) is 0 Å². The van der Waals surface area contributed by atoms with E-state index in [1.54, 1.807) is 12.1 Å². The fraction of sp³-hybridized carbons (Fsp3) is 0.267. The molecule has 1 N–H and O–H groups in total. The van der Waals surface area contributed by atoms with E-state index in [9.17, 15) is 9.59 Å². The van der Waals surface area contributed by atoms with Crippen molar-refractivity contribution in [3.8, 4) is 0 Å². The summed E-state index contributed by atoms with van der Waals surface area (Å²) in [5.41, 5.74) is 2.43. The van der Waals surface area contributed by atoms with Crippen molar-refractivity contribution in [2.45, 2.75) is 27.4 Å². The van der Waals surface area contributed by atoms with Gasteiger partial charge in [-0.1, -0.05) is 36.0 Å². The quantitative estimate of drug-likeness (QED) is 0.509. The molecular weight excluding hydrogens is 256 g/mol. The molecule has 106 valence electrons. The van der Waals surface area contributed by atoms with Crippen LogP contribution in [0.3, 0.4) is 0 Å².